The maximum atomic E-state index is 13.4. The van der Waals surface area contributed by atoms with Gasteiger partial charge >= 0.3 is 0 Å². The Labute approximate surface area is 218 Å². The van der Waals surface area contributed by atoms with Gasteiger partial charge in [0.1, 0.15) is 5.69 Å². The van der Waals surface area contributed by atoms with E-state index in [-0.39, 0.29) is 12.0 Å². The quantitative estimate of drug-likeness (QED) is 0.502. The van der Waals surface area contributed by atoms with E-state index in [1.54, 1.807) is 6.20 Å². The minimum atomic E-state index is 0.101. The molecule has 2 saturated heterocycles. The number of aryl methyl sites for hydroxylation is 1. The molecule has 2 fully saturated rings. The first-order valence-electron chi connectivity index (χ1n) is 13.3. The first-order valence-corrected chi connectivity index (χ1v) is 13.3. The van der Waals surface area contributed by atoms with Gasteiger partial charge in [-0.15, -0.1) is 0 Å². The molecule has 3 aromatic rings. The number of piperidine rings is 2. The fourth-order valence-corrected chi connectivity index (χ4v) is 5.79. The minimum Gasteiger partial charge on any atom is -0.405 e. The van der Waals surface area contributed by atoms with Gasteiger partial charge in [-0.2, -0.15) is 0 Å². The normalized spacial score (nSPS) is 18.7. The number of hydrogen-bond donors (Lipinski definition) is 2. The van der Waals surface area contributed by atoms with Crippen LogP contribution >= 0.6 is 0 Å². The van der Waals surface area contributed by atoms with Gasteiger partial charge in [-0.1, -0.05) is 18.2 Å². The average Bonchev–Trinajstić information content (AvgIpc) is 3.34. The lowest BCUT2D eigenvalue weighted by Gasteiger charge is -2.38. The summed E-state index contributed by atoms with van der Waals surface area (Å²) in [6.07, 6.45) is 10.4. The van der Waals surface area contributed by atoms with Gasteiger partial charge in [0.25, 0.3) is 0 Å². The zero-order chi connectivity index (χ0) is 25.8. The molecular weight excluding hydrogens is 462 g/mol. The Morgan fingerprint density at radius 1 is 1.03 bits per heavy atom. The number of imidazole rings is 1. The van der Waals surface area contributed by atoms with Crippen LogP contribution in [0, 0.1) is 12.8 Å². The van der Waals surface area contributed by atoms with Crippen molar-refractivity contribution in [1.29, 1.82) is 0 Å². The molecule has 2 aromatic heterocycles. The number of carbonyl (C=O) groups excluding carboxylic acids is 1. The molecule has 0 aliphatic carbocycles. The smallest absolute Gasteiger partial charge is 0.225 e. The third-order valence-electron chi connectivity index (χ3n) is 7.82. The Morgan fingerprint density at radius 3 is 2.49 bits per heavy atom. The number of hydrogen-bond acceptors (Lipinski definition) is 6. The highest BCUT2D eigenvalue weighted by Crippen LogP contribution is 2.34. The van der Waals surface area contributed by atoms with Crippen molar-refractivity contribution in [2.45, 2.75) is 38.6 Å². The first-order chi connectivity index (χ1) is 18.1. The van der Waals surface area contributed by atoms with Crippen molar-refractivity contribution in [3.05, 3.63) is 72.2 Å². The molecule has 1 amide bonds. The maximum absolute atomic E-state index is 13.4. The highest BCUT2D eigenvalue weighted by atomic mass is 16.2. The van der Waals surface area contributed by atoms with E-state index in [4.69, 9.17) is 16.5 Å². The number of carbonyl (C=O) groups is 1. The molecule has 0 saturated carbocycles. The first kappa shape index (κ1) is 25.0. The number of pyridine rings is 1. The summed E-state index contributed by atoms with van der Waals surface area (Å²) in [5.41, 5.74) is 16.5. The molecule has 37 heavy (non-hydrogen) atoms. The lowest BCUT2D eigenvalue weighted by atomic mass is 9.93. The van der Waals surface area contributed by atoms with E-state index in [9.17, 15) is 4.79 Å². The van der Waals surface area contributed by atoms with Gasteiger partial charge in [0, 0.05) is 37.8 Å². The Bertz CT molecular complexity index is 1280. The number of amides is 1. The zero-order valence-electron chi connectivity index (χ0n) is 21.6. The van der Waals surface area contributed by atoms with Crippen molar-refractivity contribution < 1.29 is 4.79 Å². The topological polar surface area (TPSA) is 106 Å². The summed E-state index contributed by atoms with van der Waals surface area (Å²) in [6, 6.07) is 12.6. The van der Waals surface area contributed by atoms with Crippen LogP contribution in [0.4, 0.5) is 0 Å². The lowest BCUT2D eigenvalue weighted by molar-refractivity contribution is -0.138. The Kier molecular flexibility index (Phi) is 7.55. The third kappa shape index (κ3) is 5.25. The van der Waals surface area contributed by atoms with Gasteiger partial charge in [0.2, 0.25) is 5.91 Å². The van der Waals surface area contributed by atoms with Gasteiger partial charge in [0.05, 0.1) is 11.0 Å². The number of nitrogens with zero attached hydrogens (tertiary/aromatic N) is 5. The van der Waals surface area contributed by atoms with E-state index in [2.05, 4.69) is 44.5 Å². The van der Waals surface area contributed by atoms with E-state index in [0.717, 1.165) is 86.5 Å². The standard InChI is InChI=1S/C29H37N7O/c1-21-5-4-7-26-27(21)33-28(25-6-2-3-14-32-25)36(26)24-11-17-35(18-12-24)29(37)23-9-15-34(16-10-23)20-22(19-31)8-13-30/h2-8,13-14,19,23-24H,9-12,15-18,20,30-31H2,1H3/b13-8-,22-19+. The van der Waals surface area contributed by atoms with Crippen LogP contribution in [0.25, 0.3) is 22.6 Å². The van der Waals surface area contributed by atoms with E-state index >= 15 is 0 Å². The summed E-state index contributed by atoms with van der Waals surface area (Å²) in [4.78, 5) is 27.5. The van der Waals surface area contributed by atoms with Crippen molar-refractivity contribution in [3.63, 3.8) is 0 Å². The Hall–Kier alpha value is -3.65. The molecule has 1 aromatic carbocycles. The summed E-state index contributed by atoms with van der Waals surface area (Å²) in [5, 5.41) is 0. The van der Waals surface area contributed by atoms with Gasteiger partial charge in [-0.25, -0.2) is 4.98 Å². The molecule has 0 unspecified atom stereocenters. The second-order valence-electron chi connectivity index (χ2n) is 10.2. The maximum Gasteiger partial charge on any atom is 0.225 e. The molecule has 194 valence electrons. The fourth-order valence-electron chi connectivity index (χ4n) is 5.79. The van der Waals surface area contributed by atoms with Crippen LogP contribution in [0.3, 0.4) is 0 Å². The van der Waals surface area contributed by atoms with Crippen LogP contribution in [-0.2, 0) is 4.79 Å². The van der Waals surface area contributed by atoms with Crippen molar-refractivity contribution in [3.8, 4) is 11.5 Å². The molecule has 0 spiro atoms. The highest BCUT2D eigenvalue weighted by molar-refractivity contribution is 5.83. The number of likely N-dealkylation sites (tertiary alicyclic amines) is 2. The Balaban J connectivity index is 1.25. The number of benzene rings is 1. The van der Waals surface area contributed by atoms with Crippen LogP contribution in [0.5, 0.6) is 0 Å². The van der Waals surface area contributed by atoms with Crippen LogP contribution < -0.4 is 11.5 Å². The number of fused-ring (bicyclic) bond motifs is 1. The van der Waals surface area contributed by atoms with E-state index in [0.29, 0.717) is 5.91 Å². The zero-order valence-corrected chi connectivity index (χ0v) is 21.6. The van der Waals surface area contributed by atoms with Crippen LogP contribution in [-0.4, -0.2) is 63.0 Å². The van der Waals surface area contributed by atoms with Gasteiger partial charge in [-0.05, 0) is 93.5 Å². The molecule has 2 aliphatic rings. The molecule has 4 heterocycles. The van der Waals surface area contributed by atoms with Gasteiger partial charge in [0.15, 0.2) is 5.82 Å². The lowest BCUT2D eigenvalue weighted by Crippen LogP contribution is -2.46. The minimum absolute atomic E-state index is 0.101. The second kappa shape index (κ2) is 11.2. The van der Waals surface area contributed by atoms with E-state index in [1.807, 2.05) is 30.5 Å². The molecule has 0 bridgehead atoms. The molecule has 2 aliphatic heterocycles. The third-order valence-corrected chi connectivity index (χ3v) is 7.82. The summed E-state index contributed by atoms with van der Waals surface area (Å²) < 4.78 is 2.36. The van der Waals surface area contributed by atoms with E-state index in [1.165, 1.54) is 11.8 Å². The molecule has 8 nitrogen and oxygen atoms in total. The molecule has 4 N–H and O–H groups in total. The Morgan fingerprint density at radius 2 is 1.81 bits per heavy atom. The highest BCUT2D eigenvalue weighted by Gasteiger charge is 2.32. The summed E-state index contributed by atoms with van der Waals surface area (Å²) in [7, 11) is 0. The van der Waals surface area contributed by atoms with Crippen molar-refractivity contribution in [2.75, 3.05) is 32.7 Å². The fraction of sp³-hybridized carbons (Fsp3) is 0.414. The van der Waals surface area contributed by atoms with Crippen molar-refractivity contribution in [2.24, 2.45) is 17.4 Å². The van der Waals surface area contributed by atoms with Crippen LogP contribution in [0.15, 0.2) is 66.6 Å². The van der Waals surface area contributed by atoms with Gasteiger partial charge in [-0.3, -0.25) is 14.7 Å². The number of aromatic nitrogens is 3. The van der Waals surface area contributed by atoms with Crippen molar-refractivity contribution >= 4 is 16.9 Å². The molecule has 0 atom stereocenters. The second-order valence-corrected chi connectivity index (χ2v) is 10.2. The van der Waals surface area contributed by atoms with Crippen LogP contribution in [0.2, 0.25) is 0 Å². The number of rotatable bonds is 6. The van der Waals surface area contributed by atoms with Crippen molar-refractivity contribution in [1.82, 2.24) is 24.3 Å². The monoisotopic (exact) mass is 499 g/mol. The summed E-state index contributed by atoms with van der Waals surface area (Å²) >= 11 is 0. The van der Waals surface area contributed by atoms with Crippen LogP contribution in [0.1, 0.15) is 37.3 Å². The molecular formula is C29H37N7O. The molecule has 8 heteroatoms. The molecule has 0 radical (unpaired) electrons. The van der Waals surface area contributed by atoms with Gasteiger partial charge < -0.3 is 20.9 Å². The average molecular weight is 500 g/mol. The largest absolute Gasteiger partial charge is 0.405 e. The number of para-hydroxylation sites is 1. The summed E-state index contributed by atoms with van der Waals surface area (Å²) in [6.45, 7) is 6.23. The summed E-state index contributed by atoms with van der Waals surface area (Å²) in [5.74, 6) is 1.33. The predicted molar refractivity (Wildman–Crippen MR) is 147 cm³/mol. The number of nitrogens with two attached hydrogens (primary N) is 2. The predicted octanol–water partition coefficient (Wildman–Crippen LogP) is 3.60. The molecule has 5 rings (SSSR count). The SMILES string of the molecule is Cc1cccc2c1nc(-c1ccccn1)n2C1CCN(C(=O)C2CCN(CC(/C=C\N)=C/N)CC2)CC1. The van der Waals surface area contributed by atoms with E-state index < -0.39 is 0 Å².